The molecule has 1 aromatic carbocycles. The second-order valence-corrected chi connectivity index (χ2v) is 7.68. The van der Waals surface area contributed by atoms with E-state index in [0.29, 0.717) is 19.2 Å². The Labute approximate surface area is 146 Å². The van der Waals surface area contributed by atoms with Gasteiger partial charge in [-0.15, -0.1) is 0 Å². The summed E-state index contributed by atoms with van der Waals surface area (Å²) in [6, 6.07) is 0.793. The molecule has 0 saturated heterocycles. The molecule has 6 nitrogen and oxygen atoms in total. The number of nitrogens with zero attached hydrogens (tertiary/aromatic N) is 1. The van der Waals surface area contributed by atoms with Crippen molar-refractivity contribution in [2.75, 3.05) is 0 Å². The molecule has 0 aliphatic rings. The summed E-state index contributed by atoms with van der Waals surface area (Å²) in [4.78, 5) is 24.0. The summed E-state index contributed by atoms with van der Waals surface area (Å²) in [6.45, 7) is 0. The van der Waals surface area contributed by atoms with Crippen molar-refractivity contribution in [2.24, 2.45) is 7.05 Å². The Bertz CT molecular complexity index is 1090. The molecule has 0 unspecified atom stereocenters. The monoisotopic (exact) mass is 420 g/mol. The van der Waals surface area contributed by atoms with E-state index in [2.05, 4.69) is 0 Å². The molecule has 13 heteroatoms. The van der Waals surface area contributed by atoms with E-state index >= 15 is 0 Å². The van der Waals surface area contributed by atoms with Crippen LogP contribution >= 0.6 is 22.3 Å². The van der Waals surface area contributed by atoms with E-state index < -0.39 is 59.0 Å². The Morgan fingerprint density at radius 1 is 1.20 bits per heavy atom. The van der Waals surface area contributed by atoms with Crippen molar-refractivity contribution in [1.82, 2.24) is 9.55 Å². The lowest BCUT2D eigenvalue weighted by atomic mass is 10.0. The molecule has 1 aromatic heterocycles. The molecule has 0 aliphatic carbocycles. The van der Waals surface area contributed by atoms with Crippen LogP contribution in [0.2, 0.25) is 5.02 Å². The van der Waals surface area contributed by atoms with Crippen LogP contribution in [0.4, 0.5) is 17.6 Å². The first-order valence-electron chi connectivity index (χ1n) is 6.09. The molecular formula is C12H6Cl2F4N2O4S. The van der Waals surface area contributed by atoms with E-state index in [1.54, 1.807) is 4.98 Å². The van der Waals surface area contributed by atoms with Gasteiger partial charge in [-0.05, 0) is 12.1 Å². The highest BCUT2D eigenvalue weighted by molar-refractivity contribution is 8.13. The second-order valence-electron chi connectivity index (χ2n) is 4.74. The highest BCUT2D eigenvalue weighted by Crippen LogP contribution is 2.37. The summed E-state index contributed by atoms with van der Waals surface area (Å²) in [7, 11) is 1.26. The molecule has 2 aromatic rings. The highest BCUT2D eigenvalue weighted by Gasteiger charge is 2.39. The number of aromatic nitrogens is 2. The number of benzene rings is 1. The molecule has 25 heavy (non-hydrogen) atoms. The lowest BCUT2D eigenvalue weighted by Crippen LogP contribution is -2.35. The van der Waals surface area contributed by atoms with Gasteiger partial charge in [-0.25, -0.2) is 17.6 Å². The smallest absolute Gasteiger partial charge is 0.292 e. The Morgan fingerprint density at radius 3 is 2.24 bits per heavy atom. The lowest BCUT2D eigenvalue weighted by molar-refractivity contribution is -0.143. The van der Waals surface area contributed by atoms with Gasteiger partial charge in [-0.1, -0.05) is 11.6 Å². The van der Waals surface area contributed by atoms with Crippen molar-refractivity contribution >= 4 is 31.3 Å². The molecule has 2 rings (SSSR count). The van der Waals surface area contributed by atoms with Crippen molar-refractivity contribution in [1.29, 1.82) is 0 Å². The van der Waals surface area contributed by atoms with Crippen LogP contribution in [0.3, 0.4) is 0 Å². The van der Waals surface area contributed by atoms with Crippen LogP contribution < -0.4 is 11.2 Å². The van der Waals surface area contributed by atoms with Gasteiger partial charge in [-0.3, -0.25) is 14.3 Å². The maximum Gasteiger partial charge on any atom is 0.432 e. The summed E-state index contributed by atoms with van der Waals surface area (Å²) in [5, 5.41) is -0.689. The van der Waals surface area contributed by atoms with Crippen molar-refractivity contribution < 1.29 is 26.0 Å². The van der Waals surface area contributed by atoms with E-state index in [1.807, 2.05) is 0 Å². The molecule has 136 valence electrons. The van der Waals surface area contributed by atoms with Crippen molar-refractivity contribution in [3.8, 4) is 11.1 Å². The first-order valence-corrected chi connectivity index (χ1v) is 8.78. The zero-order valence-electron chi connectivity index (χ0n) is 11.9. The summed E-state index contributed by atoms with van der Waals surface area (Å²) in [5.74, 6) is -1.41. The van der Waals surface area contributed by atoms with Gasteiger partial charge in [0.1, 0.15) is 16.4 Å². The maximum atomic E-state index is 14.2. The van der Waals surface area contributed by atoms with E-state index in [4.69, 9.17) is 22.3 Å². The molecule has 1 heterocycles. The molecule has 0 atom stereocenters. The molecule has 0 fully saturated rings. The predicted octanol–water partition coefficient (Wildman–Crippen LogP) is 2.48. The number of H-pyrrole nitrogens is 1. The van der Waals surface area contributed by atoms with Crippen molar-refractivity contribution in [3.05, 3.63) is 49.5 Å². The predicted molar refractivity (Wildman–Crippen MR) is 80.7 cm³/mol. The number of rotatable bonds is 2. The molecular weight excluding hydrogens is 415 g/mol. The van der Waals surface area contributed by atoms with Gasteiger partial charge in [0.25, 0.3) is 14.6 Å². The second kappa shape index (κ2) is 6.15. The fourth-order valence-corrected chi connectivity index (χ4v) is 3.62. The number of hydrogen-bond acceptors (Lipinski definition) is 4. The van der Waals surface area contributed by atoms with Crippen LogP contribution in [0, 0.1) is 5.82 Å². The van der Waals surface area contributed by atoms with Crippen LogP contribution in [-0.2, 0) is 22.3 Å². The van der Waals surface area contributed by atoms with Gasteiger partial charge >= 0.3 is 11.9 Å². The zero-order valence-corrected chi connectivity index (χ0v) is 14.2. The van der Waals surface area contributed by atoms with Crippen molar-refractivity contribution in [2.45, 2.75) is 11.1 Å². The minimum atomic E-state index is -5.22. The SMILES string of the molecule is Cn1c(C(F)(F)F)c(-c2cc(S(=O)(=O)Cl)c(Cl)cc2F)c(=O)[nH]c1=O. The average Bonchev–Trinajstić information content (AvgIpc) is 2.40. The van der Waals surface area contributed by atoms with Crippen LogP contribution in [0.5, 0.6) is 0 Å². The Kier molecular flexibility index (Phi) is 4.79. The normalized spacial score (nSPS) is 12.4. The first kappa shape index (κ1) is 19.5. The fraction of sp³-hybridized carbons (Fsp3) is 0.167. The molecule has 0 bridgehead atoms. The number of alkyl halides is 3. The molecule has 0 amide bonds. The van der Waals surface area contributed by atoms with Gasteiger partial charge < -0.3 is 0 Å². The van der Waals surface area contributed by atoms with E-state index in [1.165, 1.54) is 0 Å². The third-order valence-corrected chi connectivity index (χ3v) is 4.93. The molecule has 1 N–H and O–H groups in total. The van der Waals surface area contributed by atoms with Gasteiger partial charge in [-0.2, -0.15) is 13.2 Å². The highest BCUT2D eigenvalue weighted by atomic mass is 35.7. The largest absolute Gasteiger partial charge is 0.432 e. The maximum absolute atomic E-state index is 14.2. The number of hydrogen-bond donors (Lipinski definition) is 1. The zero-order chi connectivity index (χ0) is 19.3. The minimum absolute atomic E-state index is 0.0552. The van der Waals surface area contributed by atoms with Crippen LogP contribution in [0.25, 0.3) is 11.1 Å². The third kappa shape index (κ3) is 3.58. The van der Waals surface area contributed by atoms with Crippen LogP contribution in [-0.4, -0.2) is 18.0 Å². The summed E-state index contributed by atoms with van der Waals surface area (Å²) >= 11 is 5.53. The number of halogens is 6. The van der Waals surface area contributed by atoms with E-state index in [0.717, 1.165) is 0 Å². The number of nitrogens with one attached hydrogen (secondary N) is 1. The van der Waals surface area contributed by atoms with E-state index in [9.17, 15) is 35.6 Å². The summed E-state index contributed by atoms with van der Waals surface area (Å²) in [6.07, 6.45) is -5.22. The Balaban J connectivity index is 3.06. The van der Waals surface area contributed by atoms with E-state index in [-0.39, 0.29) is 4.57 Å². The van der Waals surface area contributed by atoms with Gasteiger partial charge in [0.2, 0.25) is 0 Å². The third-order valence-electron chi connectivity index (χ3n) is 3.15. The average molecular weight is 421 g/mol. The van der Waals surface area contributed by atoms with Crippen molar-refractivity contribution in [3.63, 3.8) is 0 Å². The van der Waals surface area contributed by atoms with Crippen LogP contribution in [0.1, 0.15) is 5.69 Å². The quantitative estimate of drug-likeness (QED) is 0.596. The lowest BCUT2D eigenvalue weighted by Gasteiger charge is -2.16. The number of aromatic amines is 1. The summed E-state index contributed by atoms with van der Waals surface area (Å²) < 4.78 is 77.0. The Hall–Kier alpha value is -1.85. The molecule has 0 radical (unpaired) electrons. The molecule has 0 saturated carbocycles. The van der Waals surface area contributed by atoms with Gasteiger partial charge in [0, 0.05) is 23.3 Å². The molecule has 0 spiro atoms. The van der Waals surface area contributed by atoms with Crippen LogP contribution in [0.15, 0.2) is 26.6 Å². The minimum Gasteiger partial charge on any atom is -0.292 e. The fourth-order valence-electron chi connectivity index (χ4n) is 2.11. The van der Waals surface area contributed by atoms with Gasteiger partial charge in [0.05, 0.1) is 10.6 Å². The topological polar surface area (TPSA) is 89.0 Å². The Morgan fingerprint density at radius 2 is 1.76 bits per heavy atom. The van der Waals surface area contributed by atoms with Gasteiger partial charge in [0.15, 0.2) is 0 Å². The molecule has 0 aliphatic heterocycles. The first-order chi connectivity index (χ1) is 11.2. The standard InChI is InChI=1S/C12H6Cl2F4N2O4S/c1-20-9(12(16,17)18)8(10(21)19-11(20)22)4-2-7(25(14,23)24)5(13)3-6(4)15/h2-3H,1H3,(H,19,21,22). The summed E-state index contributed by atoms with van der Waals surface area (Å²) in [5.41, 5.74) is -7.03.